The van der Waals surface area contributed by atoms with E-state index in [-0.39, 0.29) is 12.8 Å². The van der Waals surface area contributed by atoms with E-state index in [0.29, 0.717) is 0 Å². The van der Waals surface area contributed by atoms with E-state index in [9.17, 15) is 9.59 Å². The molecule has 0 saturated heterocycles. The number of rotatable bonds is 6. The van der Waals surface area contributed by atoms with Crippen molar-refractivity contribution in [3.63, 3.8) is 0 Å². The van der Waals surface area contributed by atoms with E-state index in [0.717, 1.165) is 0 Å². The summed E-state index contributed by atoms with van der Waals surface area (Å²) in [5, 5.41) is 17.5. The smallest absolute Gasteiger partial charge is 0.310 e. The van der Waals surface area contributed by atoms with E-state index in [4.69, 9.17) is 20.0 Å². The maximum Gasteiger partial charge on any atom is 0.310 e. The van der Waals surface area contributed by atoms with Crippen LogP contribution in [0.1, 0.15) is 47.5 Å². The Morgan fingerprint density at radius 2 is 1.50 bits per heavy atom. The number of carbonyl (C=O) groups excluding carboxylic acids is 2. The standard InChI is InChI=1S/C14H20N2O4/c1-10(12(18)20-14(4,5)9-16)6-7-11(17)19-13(2,3)8-15/h10H,6-7H2,1-5H3. The molecule has 0 aliphatic heterocycles. The van der Waals surface area contributed by atoms with Crippen LogP contribution in [0.2, 0.25) is 0 Å². The van der Waals surface area contributed by atoms with E-state index in [2.05, 4.69) is 0 Å². The summed E-state index contributed by atoms with van der Waals surface area (Å²) in [6.45, 7) is 7.55. The summed E-state index contributed by atoms with van der Waals surface area (Å²) < 4.78 is 9.93. The Morgan fingerprint density at radius 1 is 1.05 bits per heavy atom. The van der Waals surface area contributed by atoms with Gasteiger partial charge in [0.25, 0.3) is 0 Å². The molecule has 0 rings (SSSR count). The summed E-state index contributed by atoms with van der Waals surface area (Å²) in [6.07, 6.45) is 0.245. The molecule has 1 atom stereocenters. The van der Waals surface area contributed by atoms with Gasteiger partial charge in [-0.3, -0.25) is 9.59 Å². The Labute approximate surface area is 119 Å². The van der Waals surface area contributed by atoms with Crippen LogP contribution in [0.5, 0.6) is 0 Å². The average Bonchev–Trinajstić information content (AvgIpc) is 2.34. The topological polar surface area (TPSA) is 100 Å². The molecule has 1 unspecified atom stereocenters. The van der Waals surface area contributed by atoms with E-state index < -0.39 is 29.1 Å². The molecule has 0 aliphatic rings. The van der Waals surface area contributed by atoms with Gasteiger partial charge in [-0.25, -0.2) is 0 Å². The molecule has 0 spiro atoms. The van der Waals surface area contributed by atoms with Gasteiger partial charge in [-0.2, -0.15) is 10.5 Å². The van der Waals surface area contributed by atoms with Gasteiger partial charge >= 0.3 is 11.9 Å². The summed E-state index contributed by atoms with van der Waals surface area (Å²) in [7, 11) is 0. The van der Waals surface area contributed by atoms with Gasteiger partial charge in [-0.1, -0.05) is 6.92 Å². The van der Waals surface area contributed by atoms with Crippen LogP contribution < -0.4 is 0 Å². The molecule has 6 nitrogen and oxygen atoms in total. The fraction of sp³-hybridized carbons (Fsp3) is 0.714. The lowest BCUT2D eigenvalue weighted by molar-refractivity contribution is -0.157. The summed E-state index contributed by atoms with van der Waals surface area (Å²) in [6, 6.07) is 3.71. The maximum absolute atomic E-state index is 11.7. The summed E-state index contributed by atoms with van der Waals surface area (Å²) in [5.74, 6) is -1.61. The highest BCUT2D eigenvalue weighted by atomic mass is 16.6. The van der Waals surface area contributed by atoms with Crippen molar-refractivity contribution in [2.75, 3.05) is 0 Å². The Kier molecular flexibility index (Phi) is 6.19. The zero-order valence-corrected chi connectivity index (χ0v) is 12.5. The van der Waals surface area contributed by atoms with E-state index >= 15 is 0 Å². The second-order valence-electron chi connectivity index (χ2n) is 5.58. The van der Waals surface area contributed by atoms with Crippen molar-refractivity contribution < 1.29 is 19.1 Å². The molecule has 0 saturated carbocycles. The minimum Gasteiger partial charge on any atom is -0.444 e. The molecular formula is C14H20N2O4. The molecule has 0 aliphatic carbocycles. The Balaban J connectivity index is 4.28. The molecule has 0 aromatic rings. The van der Waals surface area contributed by atoms with E-state index in [1.54, 1.807) is 6.92 Å². The molecule has 0 aromatic heterocycles. The van der Waals surface area contributed by atoms with Crippen molar-refractivity contribution in [3.8, 4) is 12.1 Å². The molecule has 20 heavy (non-hydrogen) atoms. The van der Waals surface area contributed by atoms with Crippen molar-refractivity contribution in [3.05, 3.63) is 0 Å². The lowest BCUT2D eigenvalue weighted by Crippen LogP contribution is -2.30. The minimum atomic E-state index is -1.19. The molecule has 0 bridgehead atoms. The molecule has 6 heteroatoms. The Bertz CT molecular complexity index is 455. The lowest BCUT2D eigenvalue weighted by atomic mass is 10.1. The highest BCUT2D eigenvalue weighted by Crippen LogP contribution is 2.16. The fourth-order valence-electron chi connectivity index (χ4n) is 1.19. The molecule has 0 N–H and O–H groups in total. The number of carbonyl (C=O) groups is 2. The second-order valence-corrected chi connectivity index (χ2v) is 5.58. The first-order valence-corrected chi connectivity index (χ1v) is 6.30. The van der Waals surface area contributed by atoms with Gasteiger partial charge in [0.15, 0.2) is 11.2 Å². The number of hydrogen-bond donors (Lipinski definition) is 0. The minimum absolute atomic E-state index is 0.00829. The van der Waals surface area contributed by atoms with Crippen molar-refractivity contribution in [2.45, 2.75) is 58.7 Å². The Hall–Kier alpha value is -2.08. The molecule has 0 aromatic carbocycles. The van der Waals surface area contributed by atoms with E-state index in [1.165, 1.54) is 27.7 Å². The molecule has 110 valence electrons. The first kappa shape index (κ1) is 17.9. The summed E-state index contributed by atoms with van der Waals surface area (Å²) in [5.41, 5.74) is -2.36. The number of nitriles is 2. The largest absolute Gasteiger partial charge is 0.444 e. The number of nitrogens with zero attached hydrogens (tertiary/aromatic N) is 2. The molecule has 0 amide bonds. The average molecular weight is 280 g/mol. The van der Waals surface area contributed by atoms with Crippen LogP contribution in [0.15, 0.2) is 0 Å². The molecule has 0 heterocycles. The summed E-state index contributed by atoms with van der Waals surface area (Å²) >= 11 is 0. The molecule has 0 radical (unpaired) electrons. The van der Waals surface area contributed by atoms with Crippen LogP contribution in [-0.2, 0) is 19.1 Å². The number of esters is 2. The molecule has 0 fully saturated rings. The van der Waals surface area contributed by atoms with Crippen LogP contribution in [0.3, 0.4) is 0 Å². The van der Waals surface area contributed by atoms with Gasteiger partial charge in [0.1, 0.15) is 12.1 Å². The van der Waals surface area contributed by atoms with Gasteiger partial charge in [-0.15, -0.1) is 0 Å². The SMILES string of the molecule is CC(CCC(=O)OC(C)(C)C#N)C(=O)OC(C)(C)C#N. The number of hydrogen-bond acceptors (Lipinski definition) is 6. The van der Waals surface area contributed by atoms with E-state index in [1.807, 2.05) is 12.1 Å². The second kappa shape index (κ2) is 6.91. The van der Waals surface area contributed by atoms with Crippen LogP contribution in [0.25, 0.3) is 0 Å². The van der Waals surface area contributed by atoms with Crippen molar-refractivity contribution >= 4 is 11.9 Å². The van der Waals surface area contributed by atoms with Gasteiger partial charge in [0, 0.05) is 6.42 Å². The predicted octanol–water partition coefficient (Wildman–Crippen LogP) is 2.09. The van der Waals surface area contributed by atoms with Gasteiger partial charge in [-0.05, 0) is 34.1 Å². The van der Waals surface area contributed by atoms with Crippen LogP contribution in [-0.4, -0.2) is 23.1 Å². The van der Waals surface area contributed by atoms with Gasteiger partial charge in [0.05, 0.1) is 5.92 Å². The normalized spacial score (nSPS) is 12.8. The zero-order chi connectivity index (χ0) is 16.0. The number of ether oxygens (including phenoxy) is 2. The van der Waals surface area contributed by atoms with Crippen molar-refractivity contribution in [2.24, 2.45) is 5.92 Å². The van der Waals surface area contributed by atoms with Crippen LogP contribution >= 0.6 is 0 Å². The summed E-state index contributed by atoms with van der Waals surface area (Å²) in [4.78, 5) is 23.2. The molecular weight excluding hydrogens is 260 g/mol. The zero-order valence-electron chi connectivity index (χ0n) is 12.5. The Morgan fingerprint density at radius 3 is 1.95 bits per heavy atom. The van der Waals surface area contributed by atoms with Crippen molar-refractivity contribution in [1.29, 1.82) is 10.5 Å². The quantitative estimate of drug-likeness (QED) is 0.690. The van der Waals surface area contributed by atoms with Gasteiger partial charge < -0.3 is 9.47 Å². The lowest BCUT2D eigenvalue weighted by Gasteiger charge is -2.20. The third-order valence-corrected chi connectivity index (χ3v) is 2.45. The van der Waals surface area contributed by atoms with Crippen LogP contribution in [0.4, 0.5) is 0 Å². The predicted molar refractivity (Wildman–Crippen MR) is 70.0 cm³/mol. The van der Waals surface area contributed by atoms with Gasteiger partial charge in [0.2, 0.25) is 0 Å². The van der Waals surface area contributed by atoms with Crippen molar-refractivity contribution in [1.82, 2.24) is 0 Å². The first-order chi connectivity index (χ1) is 9.03. The van der Waals surface area contributed by atoms with Crippen LogP contribution in [0, 0.1) is 28.6 Å². The maximum atomic E-state index is 11.7. The third kappa shape index (κ3) is 6.75. The third-order valence-electron chi connectivity index (χ3n) is 2.45. The first-order valence-electron chi connectivity index (χ1n) is 6.30. The fourth-order valence-corrected chi connectivity index (χ4v) is 1.19. The highest BCUT2D eigenvalue weighted by Gasteiger charge is 2.27. The highest BCUT2D eigenvalue weighted by molar-refractivity contribution is 5.75. The monoisotopic (exact) mass is 280 g/mol.